The Morgan fingerprint density at radius 3 is 2.58 bits per heavy atom. The van der Waals surface area contributed by atoms with Gasteiger partial charge in [-0.15, -0.1) is 23.1 Å². The van der Waals surface area contributed by atoms with Gasteiger partial charge in [0.2, 0.25) is 10.0 Å². The zero-order chi connectivity index (χ0) is 18.6. The molecule has 1 aromatic carbocycles. The number of benzene rings is 1. The fourth-order valence-electron chi connectivity index (χ4n) is 2.78. The lowest BCUT2D eigenvalue weighted by Gasteiger charge is -2.15. The van der Waals surface area contributed by atoms with Crippen molar-refractivity contribution in [2.75, 3.05) is 25.4 Å². The fraction of sp³-hybridized carbons (Fsp3) is 0.389. The second-order valence-electron chi connectivity index (χ2n) is 6.14. The monoisotopic (exact) mass is 410 g/mol. The lowest BCUT2D eigenvalue weighted by Crippen LogP contribution is -2.31. The summed E-state index contributed by atoms with van der Waals surface area (Å²) in [4.78, 5) is 14.0. The van der Waals surface area contributed by atoms with Crippen LogP contribution in [-0.4, -0.2) is 44.0 Å². The SMILES string of the molecule is Cc1ccc(SCCNC(=O)c2sccc2S(=O)(=O)N2CCCC2)cc1. The normalized spacial score (nSPS) is 15.3. The predicted molar refractivity (Wildman–Crippen MR) is 107 cm³/mol. The third-order valence-electron chi connectivity index (χ3n) is 4.20. The molecule has 1 aromatic heterocycles. The molecule has 3 rings (SSSR count). The van der Waals surface area contributed by atoms with Crippen LogP contribution in [0.4, 0.5) is 0 Å². The highest BCUT2D eigenvalue weighted by Gasteiger charge is 2.31. The van der Waals surface area contributed by atoms with Crippen LogP contribution in [0.1, 0.15) is 28.1 Å². The number of rotatable bonds is 7. The Balaban J connectivity index is 1.57. The van der Waals surface area contributed by atoms with E-state index in [1.54, 1.807) is 17.1 Å². The molecular weight excluding hydrogens is 388 g/mol. The Bertz CT molecular complexity index is 854. The summed E-state index contributed by atoms with van der Waals surface area (Å²) in [5.74, 6) is 0.413. The Morgan fingerprint density at radius 1 is 1.19 bits per heavy atom. The van der Waals surface area contributed by atoms with Crippen LogP contribution >= 0.6 is 23.1 Å². The van der Waals surface area contributed by atoms with Gasteiger partial charge in [0.25, 0.3) is 5.91 Å². The van der Waals surface area contributed by atoms with Crippen LogP contribution < -0.4 is 5.32 Å². The fourth-order valence-corrected chi connectivity index (χ4v) is 6.38. The molecule has 26 heavy (non-hydrogen) atoms. The highest BCUT2D eigenvalue weighted by Crippen LogP contribution is 2.27. The summed E-state index contributed by atoms with van der Waals surface area (Å²) in [7, 11) is -3.57. The van der Waals surface area contributed by atoms with Gasteiger partial charge in [-0.05, 0) is 43.3 Å². The lowest BCUT2D eigenvalue weighted by molar-refractivity contribution is 0.0957. The summed E-state index contributed by atoms with van der Waals surface area (Å²) in [6, 6.07) is 9.77. The van der Waals surface area contributed by atoms with E-state index in [0.717, 1.165) is 23.5 Å². The first-order valence-corrected chi connectivity index (χ1v) is 11.8. The molecule has 2 aromatic rings. The highest BCUT2D eigenvalue weighted by molar-refractivity contribution is 7.99. The smallest absolute Gasteiger partial charge is 0.262 e. The summed E-state index contributed by atoms with van der Waals surface area (Å²) in [6.07, 6.45) is 1.75. The van der Waals surface area contributed by atoms with Gasteiger partial charge in [-0.1, -0.05) is 17.7 Å². The van der Waals surface area contributed by atoms with Gasteiger partial charge in [-0.25, -0.2) is 8.42 Å². The number of carbonyl (C=O) groups excluding carboxylic acids is 1. The van der Waals surface area contributed by atoms with Crippen molar-refractivity contribution in [3.63, 3.8) is 0 Å². The van der Waals surface area contributed by atoms with Crippen molar-refractivity contribution in [2.45, 2.75) is 29.6 Å². The number of nitrogens with zero attached hydrogens (tertiary/aromatic N) is 1. The highest BCUT2D eigenvalue weighted by atomic mass is 32.2. The third-order valence-corrected chi connectivity index (χ3v) is 8.19. The molecule has 0 spiro atoms. The molecule has 0 unspecified atom stereocenters. The quantitative estimate of drug-likeness (QED) is 0.561. The van der Waals surface area contributed by atoms with Crippen molar-refractivity contribution < 1.29 is 13.2 Å². The molecule has 0 saturated carbocycles. The Kier molecular flexibility index (Phi) is 6.39. The predicted octanol–water partition coefficient (Wildman–Crippen LogP) is 3.36. The van der Waals surface area contributed by atoms with Gasteiger partial charge in [-0.3, -0.25) is 4.79 Å². The summed E-state index contributed by atoms with van der Waals surface area (Å²) < 4.78 is 26.9. The van der Waals surface area contributed by atoms with Gasteiger partial charge in [0.1, 0.15) is 9.77 Å². The molecule has 2 heterocycles. The molecule has 1 aliphatic heterocycles. The standard InChI is InChI=1S/C18H22N2O3S3/c1-14-4-6-15(7-5-14)24-13-9-19-18(21)17-16(8-12-25-17)26(22,23)20-10-2-3-11-20/h4-8,12H,2-3,9-11,13H2,1H3,(H,19,21). The number of nitrogens with one attached hydrogen (secondary N) is 1. The van der Waals surface area contributed by atoms with E-state index in [0.29, 0.717) is 19.6 Å². The van der Waals surface area contributed by atoms with E-state index in [4.69, 9.17) is 0 Å². The molecule has 1 N–H and O–H groups in total. The number of carbonyl (C=O) groups is 1. The van der Waals surface area contributed by atoms with Gasteiger partial charge in [0, 0.05) is 30.3 Å². The minimum atomic E-state index is -3.57. The number of aryl methyl sites for hydroxylation is 1. The van der Waals surface area contributed by atoms with Crippen molar-refractivity contribution in [1.29, 1.82) is 0 Å². The van der Waals surface area contributed by atoms with E-state index in [9.17, 15) is 13.2 Å². The van der Waals surface area contributed by atoms with Gasteiger partial charge in [0.15, 0.2) is 0 Å². The van der Waals surface area contributed by atoms with Crippen LogP contribution in [0.25, 0.3) is 0 Å². The Labute approximate surface area is 162 Å². The van der Waals surface area contributed by atoms with E-state index in [2.05, 4.69) is 29.6 Å². The molecule has 1 saturated heterocycles. The van der Waals surface area contributed by atoms with Gasteiger partial charge < -0.3 is 5.32 Å². The summed E-state index contributed by atoms with van der Waals surface area (Å²) in [5.41, 5.74) is 1.21. The maximum Gasteiger partial charge on any atom is 0.262 e. The van der Waals surface area contributed by atoms with Crippen molar-refractivity contribution in [2.24, 2.45) is 0 Å². The number of thiophene rings is 1. The molecule has 1 fully saturated rings. The molecule has 1 aliphatic rings. The van der Waals surface area contributed by atoms with E-state index in [1.165, 1.54) is 27.3 Å². The molecule has 8 heteroatoms. The number of thioether (sulfide) groups is 1. The minimum absolute atomic E-state index is 0.132. The number of hydrogen-bond acceptors (Lipinski definition) is 5. The zero-order valence-electron chi connectivity index (χ0n) is 14.6. The van der Waals surface area contributed by atoms with Crippen LogP contribution in [0.15, 0.2) is 45.5 Å². The second-order valence-corrected chi connectivity index (χ2v) is 10.1. The van der Waals surface area contributed by atoms with Crippen LogP contribution in [0.3, 0.4) is 0 Å². The van der Waals surface area contributed by atoms with Crippen molar-refractivity contribution >= 4 is 39.0 Å². The van der Waals surface area contributed by atoms with Gasteiger partial charge in [-0.2, -0.15) is 4.31 Å². The van der Waals surface area contributed by atoms with E-state index >= 15 is 0 Å². The topological polar surface area (TPSA) is 66.5 Å². The Morgan fingerprint density at radius 2 is 1.88 bits per heavy atom. The molecule has 0 bridgehead atoms. The van der Waals surface area contributed by atoms with E-state index < -0.39 is 10.0 Å². The number of amides is 1. The third kappa shape index (κ3) is 4.49. The molecule has 140 valence electrons. The van der Waals surface area contributed by atoms with Crippen molar-refractivity contribution in [1.82, 2.24) is 9.62 Å². The molecule has 1 amide bonds. The van der Waals surface area contributed by atoms with Crippen molar-refractivity contribution in [3.8, 4) is 0 Å². The molecule has 0 radical (unpaired) electrons. The van der Waals surface area contributed by atoms with Crippen LogP contribution in [0.5, 0.6) is 0 Å². The molecule has 0 atom stereocenters. The molecular formula is C18H22N2O3S3. The lowest BCUT2D eigenvalue weighted by atomic mass is 10.2. The zero-order valence-corrected chi connectivity index (χ0v) is 17.1. The minimum Gasteiger partial charge on any atom is -0.350 e. The van der Waals surface area contributed by atoms with Crippen LogP contribution in [0, 0.1) is 6.92 Å². The first kappa shape index (κ1) is 19.4. The van der Waals surface area contributed by atoms with Gasteiger partial charge >= 0.3 is 0 Å². The first-order valence-electron chi connectivity index (χ1n) is 8.54. The maximum absolute atomic E-state index is 12.7. The maximum atomic E-state index is 12.7. The second kappa shape index (κ2) is 8.56. The van der Waals surface area contributed by atoms with Crippen LogP contribution in [-0.2, 0) is 10.0 Å². The van der Waals surface area contributed by atoms with Crippen LogP contribution in [0.2, 0.25) is 0 Å². The number of sulfonamides is 1. The summed E-state index contributed by atoms with van der Waals surface area (Å²) in [6.45, 7) is 3.60. The summed E-state index contributed by atoms with van der Waals surface area (Å²) >= 11 is 2.84. The van der Waals surface area contributed by atoms with E-state index in [1.807, 2.05) is 6.92 Å². The van der Waals surface area contributed by atoms with E-state index in [-0.39, 0.29) is 15.7 Å². The largest absolute Gasteiger partial charge is 0.350 e. The number of hydrogen-bond donors (Lipinski definition) is 1. The molecule has 5 nitrogen and oxygen atoms in total. The molecule has 0 aliphatic carbocycles. The Hall–Kier alpha value is -1.35. The average Bonchev–Trinajstić information content (AvgIpc) is 3.31. The first-order chi connectivity index (χ1) is 12.5. The van der Waals surface area contributed by atoms with Crippen molar-refractivity contribution in [3.05, 3.63) is 46.2 Å². The van der Waals surface area contributed by atoms with Gasteiger partial charge in [0.05, 0.1) is 0 Å². The average molecular weight is 411 g/mol. The summed E-state index contributed by atoms with van der Waals surface area (Å²) in [5, 5.41) is 4.50.